The monoisotopic (exact) mass is 471 g/mol. The van der Waals surface area contributed by atoms with Crippen LogP contribution in [0.4, 0.5) is 4.79 Å². The van der Waals surface area contributed by atoms with E-state index < -0.39 is 12.1 Å². The van der Waals surface area contributed by atoms with Crippen molar-refractivity contribution < 1.29 is 14.3 Å². The summed E-state index contributed by atoms with van der Waals surface area (Å²) in [7, 11) is 0. The lowest BCUT2D eigenvalue weighted by Crippen LogP contribution is -2.55. The molecule has 0 spiro atoms. The van der Waals surface area contributed by atoms with Crippen LogP contribution in [0.15, 0.2) is 83.7 Å². The number of alkyl carbamates (subject to hydrolysis) is 1. The van der Waals surface area contributed by atoms with Crippen LogP contribution in [-0.4, -0.2) is 40.6 Å². The molecule has 0 saturated carbocycles. The molecule has 1 N–H and O–H groups in total. The van der Waals surface area contributed by atoms with Crippen molar-refractivity contribution in [2.75, 3.05) is 13.1 Å². The Morgan fingerprint density at radius 2 is 1.60 bits per heavy atom. The summed E-state index contributed by atoms with van der Waals surface area (Å²) < 4.78 is 7.26. The molecule has 7 nitrogen and oxygen atoms in total. The maximum atomic E-state index is 13.7. The van der Waals surface area contributed by atoms with Gasteiger partial charge in [-0.3, -0.25) is 9.59 Å². The Balaban J connectivity index is 1.31. The molecule has 3 aromatic rings. The zero-order valence-corrected chi connectivity index (χ0v) is 19.5. The zero-order chi connectivity index (χ0) is 24.2. The Bertz CT molecular complexity index is 1240. The number of hydrogen-bond donors (Lipinski definition) is 1. The molecule has 2 aliphatic heterocycles. The first-order valence-electron chi connectivity index (χ1n) is 12.1. The van der Waals surface area contributed by atoms with E-state index in [-0.39, 0.29) is 29.9 Å². The number of pyridine rings is 1. The van der Waals surface area contributed by atoms with Gasteiger partial charge in [-0.15, -0.1) is 0 Å². The molecule has 1 fully saturated rings. The van der Waals surface area contributed by atoms with Crippen molar-refractivity contribution in [3.8, 4) is 0 Å². The Kier molecular flexibility index (Phi) is 6.66. The number of aromatic nitrogens is 1. The van der Waals surface area contributed by atoms with E-state index in [1.807, 2.05) is 76.2 Å². The average molecular weight is 472 g/mol. The Morgan fingerprint density at radius 3 is 2.34 bits per heavy atom. The maximum absolute atomic E-state index is 13.7. The predicted octanol–water partition coefficient (Wildman–Crippen LogP) is 3.33. The Hall–Kier alpha value is -3.87. The van der Waals surface area contributed by atoms with Crippen LogP contribution in [0, 0.1) is 5.92 Å². The number of benzene rings is 2. The summed E-state index contributed by atoms with van der Waals surface area (Å²) in [4.78, 5) is 40.5. The number of carbonyl (C=O) groups excluding carboxylic acids is 2. The lowest BCUT2D eigenvalue weighted by atomic mass is 9.83. The van der Waals surface area contributed by atoms with Crippen molar-refractivity contribution >= 4 is 12.0 Å². The van der Waals surface area contributed by atoms with Gasteiger partial charge in [0.25, 0.3) is 5.56 Å². The smallest absolute Gasteiger partial charge is 0.408 e. The maximum Gasteiger partial charge on any atom is 0.408 e. The number of hydrogen-bond acceptors (Lipinski definition) is 4. The van der Waals surface area contributed by atoms with Crippen molar-refractivity contribution in [2.45, 2.75) is 38.0 Å². The normalized spacial score (nSPS) is 19.4. The van der Waals surface area contributed by atoms with Gasteiger partial charge >= 0.3 is 6.09 Å². The third-order valence-corrected chi connectivity index (χ3v) is 6.88. The third kappa shape index (κ3) is 5.29. The highest BCUT2D eigenvalue weighted by molar-refractivity contribution is 5.86. The van der Waals surface area contributed by atoms with E-state index in [0.717, 1.165) is 23.2 Å². The van der Waals surface area contributed by atoms with Crippen LogP contribution in [0.1, 0.15) is 29.2 Å². The van der Waals surface area contributed by atoms with Gasteiger partial charge < -0.3 is 19.5 Å². The molecule has 0 aliphatic carbocycles. The molecule has 2 aromatic carbocycles. The molecule has 0 radical (unpaired) electrons. The van der Waals surface area contributed by atoms with E-state index in [4.69, 9.17) is 4.74 Å². The zero-order valence-electron chi connectivity index (χ0n) is 19.5. The van der Waals surface area contributed by atoms with E-state index in [1.54, 1.807) is 12.1 Å². The molecular weight excluding hydrogens is 442 g/mol. The summed E-state index contributed by atoms with van der Waals surface area (Å²) in [6, 6.07) is 23.7. The first-order valence-corrected chi connectivity index (χ1v) is 12.1. The van der Waals surface area contributed by atoms with Gasteiger partial charge in [0.1, 0.15) is 12.6 Å². The second kappa shape index (κ2) is 10.2. The van der Waals surface area contributed by atoms with Gasteiger partial charge in [-0.05, 0) is 29.5 Å². The molecule has 2 amide bonds. The van der Waals surface area contributed by atoms with Crippen LogP contribution < -0.4 is 10.9 Å². The molecular formula is C28H29N3O4. The summed E-state index contributed by atoms with van der Waals surface area (Å²) >= 11 is 0. The Labute approximate surface area is 204 Å². The van der Waals surface area contributed by atoms with Gasteiger partial charge in [-0.1, -0.05) is 66.7 Å². The molecule has 35 heavy (non-hydrogen) atoms. The molecule has 1 aromatic heterocycles. The fourth-order valence-electron chi connectivity index (χ4n) is 5.25. The number of ether oxygens (including phenoxy) is 1. The highest BCUT2D eigenvalue weighted by Crippen LogP contribution is 2.35. The molecule has 2 aliphatic rings. The van der Waals surface area contributed by atoms with Gasteiger partial charge in [0, 0.05) is 43.7 Å². The second-order valence-corrected chi connectivity index (χ2v) is 9.39. The third-order valence-electron chi connectivity index (χ3n) is 6.88. The van der Waals surface area contributed by atoms with Crippen molar-refractivity contribution in [1.82, 2.24) is 14.8 Å². The number of fused-ring (bicyclic) bond motifs is 4. The summed E-state index contributed by atoms with van der Waals surface area (Å²) in [5.41, 5.74) is 2.84. The van der Waals surface area contributed by atoms with Crippen LogP contribution in [0.2, 0.25) is 0 Å². The largest absolute Gasteiger partial charge is 0.445 e. The molecule has 5 rings (SSSR count). The van der Waals surface area contributed by atoms with Crippen LogP contribution >= 0.6 is 0 Å². The fraction of sp³-hybridized carbons (Fsp3) is 0.321. The van der Waals surface area contributed by atoms with Crippen molar-refractivity contribution in [2.24, 2.45) is 5.92 Å². The second-order valence-electron chi connectivity index (χ2n) is 9.39. The first kappa shape index (κ1) is 22.9. The topological polar surface area (TPSA) is 80.6 Å². The number of rotatable bonds is 6. The minimum absolute atomic E-state index is 0.0155. The van der Waals surface area contributed by atoms with Gasteiger partial charge in [-0.2, -0.15) is 0 Å². The number of nitrogens with zero attached hydrogens (tertiary/aromatic N) is 2. The fourth-order valence-corrected chi connectivity index (χ4v) is 5.25. The van der Waals surface area contributed by atoms with Crippen LogP contribution in [0.25, 0.3) is 0 Å². The molecule has 3 heterocycles. The average Bonchev–Trinajstić information content (AvgIpc) is 2.88. The van der Waals surface area contributed by atoms with Gasteiger partial charge in [0.05, 0.1) is 0 Å². The SMILES string of the molecule is O=C(N[C@@H](Cc1ccccc1)C(=O)N1C[C@H]2C[C@H](C1)c1cccc(=O)n1C2)OCc1ccccc1. The minimum atomic E-state index is -0.738. The molecule has 0 unspecified atom stereocenters. The van der Waals surface area contributed by atoms with E-state index >= 15 is 0 Å². The minimum Gasteiger partial charge on any atom is -0.445 e. The number of likely N-dealkylation sites (tertiary alicyclic amines) is 1. The van der Waals surface area contributed by atoms with Gasteiger partial charge in [0.15, 0.2) is 0 Å². The lowest BCUT2D eigenvalue weighted by Gasteiger charge is -2.43. The summed E-state index contributed by atoms with van der Waals surface area (Å²) in [5, 5.41) is 2.82. The van der Waals surface area contributed by atoms with E-state index in [2.05, 4.69) is 5.32 Å². The summed E-state index contributed by atoms with van der Waals surface area (Å²) in [6.07, 6.45) is 0.725. The van der Waals surface area contributed by atoms with E-state index in [0.29, 0.717) is 26.1 Å². The number of carbonyl (C=O) groups is 2. The standard InChI is InChI=1S/C28H29N3O4/c32-26-13-7-12-25-23-14-22(17-31(25)26)16-30(18-23)27(33)24(15-20-8-3-1-4-9-20)29-28(34)35-19-21-10-5-2-6-11-21/h1-13,22-24H,14-19H2,(H,29,34)/t22-,23-,24+/m1/s1. The molecule has 1 saturated heterocycles. The van der Waals surface area contributed by atoms with Gasteiger partial charge in [0.2, 0.25) is 5.91 Å². The van der Waals surface area contributed by atoms with Crippen LogP contribution in [0.5, 0.6) is 0 Å². The summed E-state index contributed by atoms with van der Waals surface area (Å²) in [5.74, 6) is 0.211. The van der Waals surface area contributed by atoms with E-state index in [9.17, 15) is 14.4 Å². The highest BCUT2D eigenvalue weighted by atomic mass is 16.5. The quantitative estimate of drug-likeness (QED) is 0.598. The number of piperidine rings is 1. The Morgan fingerprint density at radius 1 is 0.886 bits per heavy atom. The molecule has 2 bridgehead atoms. The van der Waals surface area contributed by atoms with Crippen LogP contribution in [-0.2, 0) is 29.1 Å². The molecule has 7 heteroatoms. The predicted molar refractivity (Wildman–Crippen MR) is 132 cm³/mol. The van der Waals surface area contributed by atoms with Gasteiger partial charge in [-0.25, -0.2) is 4.79 Å². The van der Waals surface area contributed by atoms with Crippen molar-refractivity contribution in [3.63, 3.8) is 0 Å². The summed E-state index contributed by atoms with van der Waals surface area (Å²) in [6.45, 7) is 1.86. The lowest BCUT2D eigenvalue weighted by molar-refractivity contribution is -0.136. The number of nitrogens with one attached hydrogen (secondary N) is 1. The van der Waals surface area contributed by atoms with Crippen molar-refractivity contribution in [3.05, 3.63) is 106 Å². The molecule has 3 atom stereocenters. The van der Waals surface area contributed by atoms with Crippen molar-refractivity contribution in [1.29, 1.82) is 0 Å². The highest BCUT2D eigenvalue weighted by Gasteiger charge is 2.38. The number of amides is 2. The van der Waals surface area contributed by atoms with E-state index in [1.165, 1.54) is 0 Å². The molecule has 180 valence electrons. The first-order chi connectivity index (χ1) is 17.1. The van der Waals surface area contributed by atoms with Crippen LogP contribution in [0.3, 0.4) is 0 Å².